The molecular formula is C14H28N2O. The van der Waals surface area contributed by atoms with Crippen molar-refractivity contribution in [2.45, 2.75) is 57.5 Å². The average molecular weight is 240 g/mol. The second-order valence-corrected chi connectivity index (χ2v) is 6.65. The van der Waals surface area contributed by atoms with Crippen molar-refractivity contribution in [3.05, 3.63) is 0 Å². The van der Waals surface area contributed by atoms with Crippen molar-refractivity contribution in [3.63, 3.8) is 0 Å². The Hall–Kier alpha value is -0.120. The SMILES string of the molecule is CC1CCCC(CN)(N2CCOCC2(C)C)C1. The predicted octanol–water partition coefficient (Wildman–Crippen LogP) is 2.00. The quantitative estimate of drug-likeness (QED) is 0.802. The van der Waals surface area contributed by atoms with Crippen LogP contribution in [0.2, 0.25) is 0 Å². The van der Waals surface area contributed by atoms with Crippen LogP contribution in [0.15, 0.2) is 0 Å². The lowest BCUT2D eigenvalue weighted by molar-refractivity contribution is -0.118. The number of hydrogen-bond donors (Lipinski definition) is 1. The van der Waals surface area contributed by atoms with E-state index in [1.807, 2.05) is 0 Å². The summed E-state index contributed by atoms with van der Waals surface area (Å²) >= 11 is 0. The van der Waals surface area contributed by atoms with Crippen LogP contribution in [-0.2, 0) is 4.74 Å². The third-order valence-corrected chi connectivity index (χ3v) is 4.67. The molecular weight excluding hydrogens is 212 g/mol. The summed E-state index contributed by atoms with van der Waals surface area (Å²) in [6.07, 6.45) is 5.21. The Morgan fingerprint density at radius 1 is 1.41 bits per heavy atom. The second kappa shape index (κ2) is 4.87. The van der Waals surface area contributed by atoms with E-state index < -0.39 is 0 Å². The highest BCUT2D eigenvalue weighted by Gasteiger charge is 2.46. The molecule has 0 bridgehead atoms. The number of nitrogens with two attached hydrogens (primary N) is 1. The number of rotatable bonds is 2. The molecule has 1 aliphatic heterocycles. The van der Waals surface area contributed by atoms with Crippen LogP contribution in [0.5, 0.6) is 0 Å². The molecule has 0 aromatic rings. The van der Waals surface area contributed by atoms with Gasteiger partial charge in [0.05, 0.1) is 13.2 Å². The van der Waals surface area contributed by atoms with Crippen LogP contribution < -0.4 is 5.73 Å². The molecule has 2 aliphatic rings. The van der Waals surface area contributed by atoms with Gasteiger partial charge in [0.15, 0.2) is 0 Å². The maximum atomic E-state index is 6.17. The van der Waals surface area contributed by atoms with E-state index in [2.05, 4.69) is 25.7 Å². The van der Waals surface area contributed by atoms with Gasteiger partial charge < -0.3 is 10.5 Å². The maximum Gasteiger partial charge on any atom is 0.0645 e. The first-order valence-electron chi connectivity index (χ1n) is 7.06. The summed E-state index contributed by atoms with van der Waals surface area (Å²) in [7, 11) is 0. The summed E-state index contributed by atoms with van der Waals surface area (Å²) < 4.78 is 5.64. The van der Waals surface area contributed by atoms with E-state index in [1.54, 1.807) is 0 Å². The molecule has 100 valence electrons. The number of morpholine rings is 1. The van der Waals surface area contributed by atoms with Crippen LogP contribution >= 0.6 is 0 Å². The first-order chi connectivity index (χ1) is 8.00. The lowest BCUT2D eigenvalue weighted by Gasteiger charge is -2.56. The van der Waals surface area contributed by atoms with E-state index in [-0.39, 0.29) is 11.1 Å². The van der Waals surface area contributed by atoms with Gasteiger partial charge in [-0.25, -0.2) is 0 Å². The predicted molar refractivity (Wildman–Crippen MR) is 71.0 cm³/mol. The highest BCUT2D eigenvalue weighted by molar-refractivity contribution is 5.02. The third kappa shape index (κ3) is 2.51. The molecule has 2 atom stereocenters. The number of ether oxygens (including phenoxy) is 1. The smallest absolute Gasteiger partial charge is 0.0645 e. The van der Waals surface area contributed by atoms with Crippen LogP contribution in [-0.4, -0.2) is 42.3 Å². The Bertz CT molecular complexity index is 267. The van der Waals surface area contributed by atoms with Crippen LogP contribution in [0.25, 0.3) is 0 Å². The van der Waals surface area contributed by atoms with Gasteiger partial charge in [-0.1, -0.05) is 19.8 Å². The Labute approximate surface area is 106 Å². The van der Waals surface area contributed by atoms with Gasteiger partial charge >= 0.3 is 0 Å². The van der Waals surface area contributed by atoms with Gasteiger partial charge in [-0.15, -0.1) is 0 Å². The molecule has 0 aromatic carbocycles. The summed E-state index contributed by atoms with van der Waals surface area (Å²) in [4.78, 5) is 2.65. The van der Waals surface area contributed by atoms with Gasteiger partial charge in [0.1, 0.15) is 0 Å². The Morgan fingerprint density at radius 3 is 2.76 bits per heavy atom. The van der Waals surface area contributed by atoms with Gasteiger partial charge in [0.25, 0.3) is 0 Å². The molecule has 1 aliphatic carbocycles. The van der Waals surface area contributed by atoms with Crippen molar-refractivity contribution in [2.75, 3.05) is 26.3 Å². The van der Waals surface area contributed by atoms with Gasteiger partial charge in [0.2, 0.25) is 0 Å². The summed E-state index contributed by atoms with van der Waals surface area (Å²) in [5.74, 6) is 0.811. The minimum Gasteiger partial charge on any atom is -0.378 e. The average Bonchev–Trinajstić information content (AvgIpc) is 2.28. The Morgan fingerprint density at radius 2 is 2.18 bits per heavy atom. The Kier molecular flexibility index (Phi) is 3.81. The largest absolute Gasteiger partial charge is 0.378 e. The van der Waals surface area contributed by atoms with E-state index in [0.29, 0.717) is 0 Å². The number of nitrogens with zero attached hydrogens (tertiary/aromatic N) is 1. The van der Waals surface area contributed by atoms with Crippen LogP contribution in [0.4, 0.5) is 0 Å². The molecule has 3 nitrogen and oxygen atoms in total. The minimum absolute atomic E-state index is 0.134. The third-order valence-electron chi connectivity index (χ3n) is 4.67. The maximum absolute atomic E-state index is 6.17. The second-order valence-electron chi connectivity index (χ2n) is 6.65. The molecule has 1 saturated carbocycles. The van der Waals surface area contributed by atoms with Gasteiger partial charge in [0, 0.05) is 24.2 Å². The molecule has 1 saturated heterocycles. The lowest BCUT2D eigenvalue weighted by atomic mass is 9.73. The summed E-state index contributed by atoms with van der Waals surface area (Å²) in [6.45, 7) is 10.5. The monoisotopic (exact) mass is 240 g/mol. The van der Waals surface area contributed by atoms with Crippen molar-refractivity contribution < 1.29 is 4.74 Å². The summed E-state index contributed by atoms with van der Waals surface area (Å²) in [6, 6.07) is 0. The van der Waals surface area contributed by atoms with E-state index in [4.69, 9.17) is 10.5 Å². The molecule has 3 heteroatoms. The summed E-state index contributed by atoms with van der Waals surface area (Å²) in [5, 5.41) is 0. The molecule has 2 fully saturated rings. The minimum atomic E-state index is 0.134. The summed E-state index contributed by atoms with van der Waals surface area (Å²) in [5.41, 5.74) is 6.53. The zero-order valence-electron chi connectivity index (χ0n) is 11.7. The molecule has 0 radical (unpaired) electrons. The van der Waals surface area contributed by atoms with Crippen molar-refractivity contribution in [2.24, 2.45) is 11.7 Å². The standard InChI is InChI=1S/C14H28N2O/c1-12-5-4-6-14(9-12,10-15)16-7-8-17-11-13(16,2)3/h12H,4-11,15H2,1-3H3. The molecule has 2 rings (SSSR count). The normalized spacial score (nSPS) is 39.2. The first kappa shape index (κ1) is 13.3. The van der Waals surface area contributed by atoms with Crippen molar-refractivity contribution in [3.8, 4) is 0 Å². The fourth-order valence-corrected chi connectivity index (χ4v) is 3.91. The van der Waals surface area contributed by atoms with Crippen molar-refractivity contribution in [1.82, 2.24) is 4.90 Å². The molecule has 1 heterocycles. The highest BCUT2D eigenvalue weighted by Crippen LogP contribution is 2.40. The Balaban J connectivity index is 2.20. The zero-order valence-corrected chi connectivity index (χ0v) is 11.7. The fourth-order valence-electron chi connectivity index (χ4n) is 3.91. The topological polar surface area (TPSA) is 38.5 Å². The zero-order chi connectivity index (χ0) is 12.5. The van der Waals surface area contributed by atoms with Crippen LogP contribution in [0.3, 0.4) is 0 Å². The van der Waals surface area contributed by atoms with Gasteiger partial charge in [-0.2, -0.15) is 0 Å². The van der Waals surface area contributed by atoms with E-state index in [0.717, 1.165) is 32.2 Å². The molecule has 2 unspecified atom stereocenters. The van der Waals surface area contributed by atoms with Gasteiger partial charge in [-0.3, -0.25) is 4.90 Å². The first-order valence-corrected chi connectivity index (χ1v) is 7.06. The van der Waals surface area contributed by atoms with Crippen LogP contribution in [0.1, 0.15) is 46.5 Å². The fraction of sp³-hybridized carbons (Fsp3) is 1.00. The van der Waals surface area contributed by atoms with E-state index in [9.17, 15) is 0 Å². The molecule has 0 aromatic heterocycles. The molecule has 2 N–H and O–H groups in total. The molecule has 0 spiro atoms. The van der Waals surface area contributed by atoms with E-state index in [1.165, 1.54) is 25.7 Å². The highest BCUT2D eigenvalue weighted by atomic mass is 16.5. The van der Waals surface area contributed by atoms with E-state index >= 15 is 0 Å². The van der Waals surface area contributed by atoms with Crippen molar-refractivity contribution >= 4 is 0 Å². The molecule has 0 amide bonds. The lowest BCUT2D eigenvalue weighted by Crippen LogP contribution is -2.67. The van der Waals surface area contributed by atoms with Crippen LogP contribution in [0, 0.1) is 5.92 Å². The van der Waals surface area contributed by atoms with Gasteiger partial charge in [-0.05, 0) is 32.6 Å². The van der Waals surface area contributed by atoms with Crippen molar-refractivity contribution in [1.29, 1.82) is 0 Å². The number of hydrogen-bond acceptors (Lipinski definition) is 3. The molecule has 17 heavy (non-hydrogen) atoms.